The third-order valence-electron chi connectivity index (χ3n) is 4.77. The molecule has 0 spiro atoms. The van der Waals surface area contributed by atoms with Gasteiger partial charge in [0, 0.05) is 37.9 Å². The van der Waals surface area contributed by atoms with Crippen LogP contribution in [0.15, 0.2) is 47.5 Å². The van der Waals surface area contributed by atoms with Crippen molar-refractivity contribution < 1.29 is 0 Å². The van der Waals surface area contributed by atoms with E-state index in [-0.39, 0.29) is 17.2 Å². The first-order valence-corrected chi connectivity index (χ1v) is 7.96. The van der Waals surface area contributed by atoms with Gasteiger partial charge in [0.05, 0.1) is 17.2 Å². The van der Waals surface area contributed by atoms with Crippen LogP contribution in [-0.4, -0.2) is 27.4 Å². The van der Waals surface area contributed by atoms with Crippen molar-refractivity contribution in [2.75, 3.05) is 18.0 Å². The number of aromatic nitrogens is 3. The van der Waals surface area contributed by atoms with Crippen LogP contribution >= 0.6 is 0 Å². The molecule has 0 saturated carbocycles. The molecule has 3 heterocycles. The van der Waals surface area contributed by atoms with Gasteiger partial charge in [-0.15, -0.1) is 0 Å². The van der Waals surface area contributed by atoms with Crippen molar-refractivity contribution in [2.24, 2.45) is 7.05 Å². The molecule has 1 fully saturated rings. The molecule has 1 saturated heterocycles. The molecule has 2 aromatic heterocycles. The zero-order valence-electron chi connectivity index (χ0n) is 13.4. The Morgan fingerprint density at radius 3 is 2.88 bits per heavy atom. The van der Waals surface area contributed by atoms with Crippen molar-refractivity contribution in [3.63, 3.8) is 0 Å². The van der Waals surface area contributed by atoms with Gasteiger partial charge in [-0.1, -0.05) is 18.2 Å². The van der Waals surface area contributed by atoms with E-state index in [1.54, 1.807) is 17.8 Å². The van der Waals surface area contributed by atoms with Crippen LogP contribution in [0.2, 0.25) is 0 Å². The van der Waals surface area contributed by atoms with Gasteiger partial charge in [0.2, 0.25) is 0 Å². The average molecular weight is 319 g/mol. The minimum Gasteiger partial charge on any atom is -0.368 e. The number of nitrogens with zero attached hydrogens (tertiary/aromatic N) is 5. The summed E-state index contributed by atoms with van der Waals surface area (Å²) in [5.74, 6) is 0. The normalized spacial score (nSPS) is 17.3. The van der Waals surface area contributed by atoms with Crippen LogP contribution in [0.5, 0.6) is 0 Å². The van der Waals surface area contributed by atoms with E-state index < -0.39 is 0 Å². The molecule has 0 unspecified atom stereocenters. The van der Waals surface area contributed by atoms with Gasteiger partial charge in [0.15, 0.2) is 0 Å². The summed E-state index contributed by atoms with van der Waals surface area (Å²) in [6.07, 6.45) is 4.68. The van der Waals surface area contributed by atoms with E-state index >= 15 is 0 Å². The van der Waals surface area contributed by atoms with Crippen LogP contribution in [0.1, 0.15) is 18.0 Å². The van der Waals surface area contributed by atoms with Crippen molar-refractivity contribution in [1.29, 1.82) is 5.26 Å². The second-order valence-electron chi connectivity index (χ2n) is 6.09. The van der Waals surface area contributed by atoms with E-state index in [1.165, 1.54) is 0 Å². The Morgan fingerprint density at radius 1 is 1.29 bits per heavy atom. The monoisotopic (exact) mass is 319 g/mol. The van der Waals surface area contributed by atoms with Crippen molar-refractivity contribution in [2.45, 2.75) is 12.5 Å². The van der Waals surface area contributed by atoms with Gasteiger partial charge in [-0.25, -0.2) is 0 Å². The number of nitriles is 1. The van der Waals surface area contributed by atoms with E-state index in [0.717, 1.165) is 36.1 Å². The number of aryl methyl sites for hydroxylation is 1. The standard InChI is InChI=1S/C18H17N5O/c1-21-16-6-3-2-5-14(16)17(15(11-19)18(21)24)22-10-7-13(12-22)23-9-4-8-20-23/h2-6,8-9,13H,7,10,12H2,1H3/t13-/m1/s1. The number of pyridine rings is 1. The van der Waals surface area contributed by atoms with E-state index in [4.69, 9.17) is 0 Å². The highest BCUT2D eigenvalue weighted by Crippen LogP contribution is 2.33. The number of anilines is 1. The molecule has 1 aliphatic heterocycles. The third-order valence-corrected chi connectivity index (χ3v) is 4.77. The molecule has 6 nitrogen and oxygen atoms in total. The van der Waals surface area contributed by atoms with Crippen molar-refractivity contribution in [3.05, 3.63) is 58.6 Å². The summed E-state index contributed by atoms with van der Waals surface area (Å²) in [6.45, 7) is 1.55. The topological polar surface area (TPSA) is 66.8 Å². The van der Waals surface area contributed by atoms with Gasteiger partial charge in [-0.3, -0.25) is 9.48 Å². The smallest absolute Gasteiger partial charge is 0.270 e. The van der Waals surface area contributed by atoms with Gasteiger partial charge in [0.1, 0.15) is 11.6 Å². The lowest BCUT2D eigenvalue weighted by Gasteiger charge is -2.23. The van der Waals surface area contributed by atoms with Gasteiger partial charge in [-0.05, 0) is 18.6 Å². The first kappa shape index (κ1) is 14.5. The highest BCUT2D eigenvalue weighted by Gasteiger charge is 2.28. The van der Waals surface area contributed by atoms with E-state index in [2.05, 4.69) is 16.1 Å². The van der Waals surface area contributed by atoms with E-state index in [9.17, 15) is 10.1 Å². The molecule has 6 heteroatoms. The number of rotatable bonds is 2. The van der Waals surface area contributed by atoms with Crippen molar-refractivity contribution in [1.82, 2.24) is 14.3 Å². The van der Waals surface area contributed by atoms with Crippen LogP contribution in [0.3, 0.4) is 0 Å². The lowest BCUT2D eigenvalue weighted by Crippen LogP contribution is -2.28. The second-order valence-corrected chi connectivity index (χ2v) is 6.09. The third kappa shape index (κ3) is 2.09. The zero-order chi connectivity index (χ0) is 16.7. The van der Waals surface area contributed by atoms with Crippen LogP contribution in [0.4, 0.5) is 5.69 Å². The van der Waals surface area contributed by atoms with Gasteiger partial charge < -0.3 is 9.47 Å². The average Bonchev–Trinajstić information content (AvgIpc) is 3.28. The number of hydrogen-bond donors (Lipinski definition) is 0. The molecule has 0 radical (unpaired) electrons. The van der Waals surface area contributed by atoms with Gasteiger partial charge in [0.25, 0.3) is 5.56 Å². The molecule has 1 atom stereocenters. The molecule has 120 valence electrons. The number of benzene rings is 1. The number of fused-ring (bicyclic) bond motifs is 1. The summed E-state index contributed by atoms with van der Waals surface area (Å²) < 4.78 is 3.51. The summed E-state index contributed by atoms with van der Waals surface area (Å²) in [6, 6.07) is 12.0. The van der Waals surface area contributed by atoms with Crippen molar-refractivity contribution in [3.8, 4) is 6.07 Å². The molecule has 3 aromatic rings. The number of hydrogen-bond acceptors (Lipinski definition) is 4. The molecule has 24 heavy (non-hydrogen) atoms. The molecular formula is C18H17N5O. The Kier molecular flexibility index (Phi) is 3.35. The maximum Gasteiger partial charge on any atom is 0.270 e. The molecule has 0 bridgehead atoms. The number of para-hydroxylation sites is 1. The fraction of sp³-hybridized carbons (Fsp3) is 0.278. The van der Waals surface area contributed by atoms with Crippen LogP contribution in [0, 0.1) is 11.3 Å². The summed E-state index contributed by atoms with van der Waals surface area (Å²) in [7, 11) is 1.71. The fourth-order valence-electron chi connectivity index (χ4n) is 3.57. The minimum absolute atomic E-state index is 0.220. The van der Waals surface area contributed by atoms with Gasteiger partial charge >= 0.3 is 0 Å². The summed E-state index contributed by atoms with van der Waals surface area (Å²) >= 11 is 0. The lowest BCUT2D eigenvalue weighted by molar-refractivity contribution is 0.495. The molecular weight excluding hydrogens is 302 g/mol. The quantitative estimate of drug-likeness (QED) is 0.725. The summed E-state index contributed by atoms with van der Waals surface area (Å²) in [4.78, 5) is 14.7. The summed E-state index contributed by atoms with van der Waals surface area (Å²) in [5, 5.41) is 14.8. The summed E-state index contributed by atoms with van der Waals surface area (Å²) in [5.41, 5.74) is 1.58. The van der Waals surface area contributed by atoms with Crippen LogP contribution < -0.4 is 10.5 Å². The minimum atomic E-state index is -0.242. The molecule has 0 N–H and O–H groups in total. The molecule has 1 aliphatic rings. The van der Waals surface area contributed by atoms with Crippen LogP contribution in [-0.2, 0) is 7.05 Å². The zero-order valence-corrected chi connectivity index (χ0v) is 13.4. The highest BCUT2D eigenvalue weighted by atomic mass is 16.1. The van der Waals surface area contributed by atoms with E-state index in [1.807, 2.05) is 41.2 Å². The molecule has 4 rings (SSSR count). The Labute approximate surface area is 139 Å². The second kappa shape index (κ2) is 5.53. The van der Waals surface area contributed by atoms with Crippen LogP contribution in [0.25, 0.3) is 10.9 Å². The lowest BCUT2D eigenvalue weighted by atomic mass is 10.1. The van der Waals surface area contributed by atoms with E-state index in [0.29, 0.717) is 0 Å². The maximum absolute atomic E-state index is 12.6. The highest BCUT2D eigenvalue weighted by molar-refractivity contribution is 5.95. The fourth-order valence-corrected chi connectivity index (χ4v) is 3.57. The molecule has 1 aromatic carbocycles. The van der Waals surface area contributed by atoms with Crippen molar-refractivity contribution >= 4 is 16.6 Å². The maximum atomic E-state index is 12.6. The molecule has 0 aliphatic carbocycles. The Bertz CT molecular complexity index is 997. The first-order valence-electron chi connectivity index (χ1n) is 7.96. The largest absolute Gasteiger partial charge is 0.368 e. The SMILES string of the molecule is Cn1c(=O)c(C#N)c(N2CC[C@@H](n3cccn3)C2)c2ccccc21. The molecule has 0 amide bonds. The Morgan fingerprint density at radius 2 is 2.12 bits per heavy atom. The first-order chi connectivity index (χ1) is 11.7. The Balaban J connectivity index is 1.87. The predicted molar refractivity (Wildman–Crippen MR) is 92.0 cm³/mol. The Hall–Kier alpha value is -3.07. The van der Waals surface area contributed by atoms with Gasteiger partial charge in [-0.2, -0.15) is 10.4 Å². The predicted octanol–water partition coefficient (Wildman–Crippen LogP) is 2.06.